The fraction of sp³-hybridized carbons (Fsp3) is 0.417. The average Bonchev–Trinajstić information content (AvgIpc) is 2.62. The van der Waals surface area contributed by atoms with Crippen LogP contribution in [0.15, 0.2) is 0 Å². The maximum absolute atomic E-state index is 11.1. The highest BCUT2D eigenvalue weighted by molar-refractivity contribution is 6.34. The van der Waals surface area contributed by atoms with E-state index in [1.807, 2.05) is 20.8 Å². The van der Waals surface area contributed by atoms with Gasteiger partial charge in [-0.05, 0) is 5.92 Å². The standard InChI is InChI=1S/C12H14ClN3O/c1-4-8-14-10(6(2)3)9-7(5-17)11(13)16-12(9)15-8/h5-6H,4H2,1-3H3,(H,14,15,16). The van der Waals surface area contributed by atoms with E-state index in [1.54, 1.807) is 0 Å². The molecule has 0 aliphatic carbocycles. The van der Waals surface area contributed by atoms with Crippen molar-refractivity contribution in [3.05, 3.63) is 22.2 Å². The highest BCUT2D eigenvalue weighted by Crippen LogP contribution is 2.29. The molecule has 1 N–H and O–H groups in total. The smallest absolute Gasteiger partial charge is 0.153 e. The molecule has 0 atom stereocenters. The molecule has 90 valence electrons. The lowest BCUT2D eigenvalue weighted by molar-refractivity contribution is 0.112. The van der Waals surface area contributed by atoms with Crippen molar-refractivity contribution < 1.29 is 4.79 Å². The molecule has 0 fully saturated rings. The number of H-pyrrole nitrogens is 1. The monoisotopic (exact) mass is 251 g/mol. The predicted molar refractivity (Wildman–Crippen MR) is 67.8 cm³/mol. The van der Waals surface area contributed by atoms with Gasteiger partial charge in [0.05, 0.1) is 16.6 Å². The second-order valence-electron chi connectivity index (χ2n) is 4.23. The quantitative estimate of drug-likeness (QED) is 0.853. The van der Waals surface area contributed by atoms with E-state index in [0.717, 1.165) is 29.6 Å². The number of fused-ring (bicyclic) bond motifs is 1. The molecule has 0 aromatic carbocycles. The van der Waals surface area contributed by atoms with Crippen LogP contribution in [0.3, 0.4) is 0 Å². The lowest BCUT2D eigenvalue weighted by atomic mass is 10.0. The largest absolute Gasteiger partial charge is 0.330 e. The molecule has 5 heteroatoms. The molecule has 0 spiro atoms. The molecule has 0 unspecified atom stereocenters. The molecule has 2 aromatic heterocycles. The van der Waals surface area contributed by atoms with Crippen molar-refractivity contribution in [3.8, 4) is 0 Å². The van der Waals surface area contributed by atoms with Crippen LogP contribution >= 0.6 is 11.6 Å². The zero-order valence-corrected chi connectivity index (χ0v) is 10.8. The maximum atomic E-state index is 11.1. The Morgan fingerprint density at radius 2 is 2.12 bits per heavy atom. The molecule has 0 aliphatic heterocycles. The van der Waals surface area contributed by atoms with Gasteiger partial charge in [-0.15, -0.1) is 0 Å². The number of nitrogens with one attached hydrogen (secondary N) is 1. The number of aromatic amines is 1. The molecule has 0 radical (unpaired) electrons. The van der Waals surface area contributed by atoms with Gasteiger partial charge in [-0.25, -0.2) is 9.97 Å². The summed E-state index contributed by atoms with van der Waals surface area (Å²) in [5, 5.41) is 1.08. The van der Waals surface area contributed by atoms with Crippen LogP contribution < -0.4 is 0 Å². The van der Waals surface area contributed by atoms with Gasteiger partial charge in [0.25, 0.3) is 0 Å². The van der Waals surface area contributed by atoms with Gasteiger partial charge >= 0.3 is 0 Å². The fourth-order valence-corrected chi connectivity index (χ4v) is 2.08. The molecule has 2 rings (SSSR count). The van der Waals surface area contributed by atoms with Crippen molar-refractivity contribution >= 4 is 28.9 Å². The first kappa shape index (κ1) is 12.0. The van der Waals surface area contributed by atoms with Gasteiger partial charge in [-0.2, -0.15) is 0 Å². The van der Waals surface area contributed by atoms with Gasteiger partial charge in [0, 0.05) is 6.42 Å². The Bertz CT molecular complexity index is 575. The van der Waals surface area contributed by atoms with Crippen molar-refractivity contribution in [1.82, 2.24) is 15.0 Å². The minimum absolute atomic E-state index is 0.219. The highest BCUT2D eigenvalue weighted by Gasteiger charge is 2.18. The van der Waals surface area contributed by atoms with Crippen LogP contribution in [0.1, 0.15) is 48.6 Å². The van der Waals surface area contributed by atoms with Crippen molar-refractivity contribution in [2.24, 2.45) is 0 Å². The second kappa shape index (κ2) is 4.45. The summed E-state index contributed by atoms with van der Waals surface area (Å²) in [7, 11) is 0. The van der Waals surface area contributed by atoms with Gasteiger partial charge in [0.2, 0.25) is 0 Å². The fourth-order valence-electron chi connectivity index (χ4n) is 1.85. The van der Waals surface area contributed by atoms with E-state index in [4.69, 9.17) is 11.6 Å². The first-order valence-corrected chi connectivity index (χ1v) is 5.99. The highest BCUT2D eigenvalue weighted by atomic mass is 35.5. The van der Waals surface area contributed by atoms with Gasteiger partial charge in [-0.1, -0.05) is 32.4 Å². The number of hydrogen-bond donors (Lipinski definition) is 1. The molecule has 0 saturated heterocycles. The summed E-state index contributed by atoms with van der Waals surface area (Å²) in [6.07, 6.45) is 1.50. The zero-order chi connectivity index (χ0) is 12.6. The van der Waals surface area contributed by atoms with Crippen LogP contribution in [0.5, 0.6) is 0 Å². The van der Waals surface area contributed by atoms with Crippen LogP contribution in [0.25, 0.3) is 11.0 Å². The summed E-state index contributed by atoms with van der Waals surface area (Å²) < 4.78 is 0. The van der Waals surface area contributed by atoms with E-state index in [9.17, 15) is 4.79 Å². The number of carbonyl (C=O) groups is 1. The van der Waals surface area contributed by atoms with Crippen LogP contribution in [-0.4, -0.2) is 21.2 Å². The molecule has 2 aromatic rings. The van der Waals surface area contributed by atoms with E-state index in [0.29, 0.717) is 16.4 Å². The Morgan fingerprint density at radius 3 is 2.65 bits per heavy atom. The molecule has 0 bridgehead atoms. The Hall–Kier alpha value is -1.42. The Labute approximate surface area is 104 Å². The molecule has 0 saturated carbocycles. The normalized spacial score (nSPS) is 11.4. The number of halogens is 1. The van der Waals surface area contributed by atoms with E-state index in [1.165, 1.54) is 0 Å². The van der Waals surface area contributed by atoms with Gasteiger partial charge in [-0.3, -0.25) is 4.79 Å². The Kier molecular flexibility index (Phi) is 3.15. The molecule has 0 amide bonds. The first-order chi connectivity index (χ1) is 8.08. The number of carbonyl (C=O) groups excluding carboxylic acids is 1. The minimum atomic E-state index is 0.219. The van der Waals surface area contributed by atoms with Crippen LogP contribution in [0.2, 0.25) is 5.15 Å². The first-order valence-electron chi connectivity index (χ1n) is 5.61. The summed E-state index contributed by atoms with van der Waals surface area (Å²) >= 11 is 5.99. The summed E-state index contributed by atoms with van der Waals surface area (Å²) in [4.78, 5) is 22.9. The van der Waals surface area contributed by atoms with E-state index in [2.05, 4.69) is 15.0 Å². The third-order valence-corrected chi connectivity index (χ3v) is 3.00. The summed E-state index contributed by atoms with van der Waals surface area (Å²) in [6, 6.07) is 0. The zero-order valence-electron chi connectivity index (χ0n) is 10.0. The molecule has 2 heterocycles. The third kappa shape index (κ3) is 1.93. The number of hydrogen-bond acceptors (Lipinski definition) is 3. The van der Waals surface area contributed by atoms with Gasteiger partial charge < -0.3 is 4.98 Å². The molecule has 17 heavy (non-hydrogen) atoms. The van der Waals surface area contributed by atoms with E-state index >= 15 is 0 Å². The SMILES string of the molecule is CCc1nc(C(C)C)c2c(C=O)c(Cl)[nH]c2n1. The van der Waals surface area contributed by atoms with Crippen LogP contribution in [0.4, 0.5) is 0 Å². The van der Waals surface area contributed by atoms with E-state index in [-0.39, 0.29) is 5.92 Å². The van der Waals surface area contributed by atoms with E-state index < -0.39 is 0 Å². The molecule has 4 nitrogen and oxygen atoms in total. The summed E-state index contributed by atoms with van der Waals surface area (Å²) in [6.45, 7) is 6.07. The number of aromatic nitrogens is 3. The van der Waals surface area contributed by atoms with Crippen molar-refractivity contribution in [3.63, 3.8) is 0 Å². The topological polar surface area (TPSA) is 58.6 Å². The molecule has 0 aliphatic rings. The van der Waals surface area contributed by atoms with Crippen LogP contribution in [0, 0.1) is 0 Å². The van der Waals surface area contributed by atoms with Gasteiger partial charge in [0.15, 0.2) is 6.29 Å². The number of aldehydes is 1. The lowest BCUT2D eigenvalue weighted by Crippen LogP contribution is -2.02. The summed E-state index contributed by atoms with van der Waals surface area (Å²) in [5.41, 5.74) is 1.97. The van der Waals surface area contributed by atoms with Crippen molar-refractivity contribution in [2.45, 2.75) is 33.1 Å². The van der Waals surface area contributed by atoms with Gasteiger partial charge in [0.1, 0.15) is 16.6 Å². The number of rotatable bonds is 3. The lowest BCUT2D eigenvalue weighted by Gasteiger charge is -2.08. The van der Waals surface area contributed by atoms with Crippen molar-refractivity contribution in [1.29, 1.82) is 0 Å². The number of aryl methyl sites for hydroxylation is 1. The minimum Gasteiger partial charge on any atom is -0.330 e. The second-order valence-corrected chi connectivity index (χ2v) is 4.61. The van der Waals surface area contributed by atoms with Crippen molar-refractivity contribution in [2.75, 3.05) is 0 Å². The summed E-state index contributed by atoms with van der Waals surface area (Å²) in [5.74, 6) is 0.980. The Balaban J connectivity index is 2.86. The van der Waals surface area contributed by atoms with Crippen LogP contribution in [-0.2, 0) is 6.42 Å². The maximum Gasteiger partial charge on any atom is 0.153 e. The number of nitrogens with zero attached hydrogens (tertiary/aromatic N) is 2. The molecular weight excluding hydrogens is 238 g/mol. The Morgan fingerprint density at radius 1 is 1.41 bits per heavy atom. The average molecular weight is 252 g/mol. The predicted octanol–water partition coefficient (Wildman–Crippen LogP) is 3.11. The third-order valence-electron chi connectivity index (χ3n) is 2.70. The molecular formula is C12H14ClN3O.